The molecule has 36 N–H and O–H groups in total. The Morgan fingerprint density at radius 2 is 0.115 bits per heavy atom. The molecule has 0 rings (SSSR count). The van der Waals surface area contributed by atoms with Crippen LogP contribution in [0.3, 0.4) is 0 Å². The maximum absolute atomic E-state index is 7.17. The van der Waals surface area contributed by atoms with Crippen molar-refractivity contribution >= 4 is 237 Å². The summed E-state index contributed by atoms with van der Waals surface area (Å²) in [6, 6.07) is 0. The van der Waals surface area contributed by atoms with E-state index in [-0.39, 0.29) is 169 Å². The molecule has 0 aromatic rings. The van der Waals surface area contributed by atoms with Crippen molar-refractivity contribution in [2.45, 2.75) is 0 Å². The molecule has 0 bridgehead atoms. The molecule has 0 heterocycles. The minimum absolute atomic E-state index is 0. The van der Waals surface area contributed by atoms with Crippen LogP contribution in [0.15, 0.2) is 0 Å². The van der Waals surface area contributed by atoms with Gasteiger partial charge in [0.25, 0.3) is 0 Å². The number of rotatable bonds is 0. The summed E-state index contributed by atoms with van der Waals surface area (Å²) in [7, 11) is -26.0. The molecule has 386 valence electrons. The Labute approximate surface area is 435 Å². The zero-order valence-electron chi connectivity index (χ0n) is 29.9. The summed E-state index contributed by atoms with van der Waals surface area (Å²) >= 11 is 0. The van der Waals surface area contributed by atoms with E-state index in [9.17, 15) is 0 Å². The van der Waals surface area contributed by atoms with Crippen molar-refractivity contribution in [2.24, 2.45) is 0 Å². The molecule has 0 amide bonds. The zero-order valence-corrected chi connectivity index (χ0v) is 38.7. The SMILES string of the molecule is Cl.Cl.Cl.Cl.Cl.Cl.Cl.Cl.Cl.Cl.Cl.Cl.OB(O)O.OB(O)O.OB(O)O.OB(O)O.OB(O)O.OB(O)O.OB(O)O.OB(O)O.OB(O)O.OB(O)O.OB(O)O.OB(O)O.[H-].[Li+]. The van der Waals surface area contributed by atoms with Crippen molar-refractivity contribution in [1.29, 1.82) is 0 Å². The van der Waals surface area contributed by atoms with Crippen LogP contribution in [0, 0.1) is 0 Å². The molecule has 0 atom stereocenters. The summed E-state index contributed by atoms with van der Waals surface area (Å²) in [5.74, 6) is 0. The molecule has 0 saturated carbocycles. The summed E-state index contributed by atoms with van der Waals surface area (Å²) in [5, 5.41) is 258. The van der Waals surface area contributed by atoms with Crippen LogP contribution in [0.2, 0.25) is 0 Å². The minimum atomic E-state index is -2.17. The van der Waals surface area contributed by atoms with Crippen molar-refractivity contribution < 1.29 is 201 Å². The van der Waals surface area contributed by atoms with Gasteiger partial charge in [-0.1, -0.05) is 0 Å². The molecule has 0 saturated heterocycles. The zero-order chi connectivity index (χ0) is 42.9. The molecule has 0 fully saturated rings. The number of halogens is 12. The Bertz CT molecular complexity index is 283. The van der Waals surface area contributed by atoms with Crippen LogP contribution >= 0.6 is 149 Å². The van der Waals surface area contributed by atoms with Gasteiger partial charge in [0.05, 0.1) is 0 Å². The second-order valence-electron chi connectivity index (χ2n) is 4.16. The molecular weight excluding hydrogens is 1140 g/mol. The van der Waals surface area contributed by atoms with Gasteiger partial charge in [0.1, 0.15) is 0 Å². The number of hydrogen-bond acceptors (Lipinski definition) is 36. The van der Waals surface area contributed by atoms with E-state index < -0.39 is 87.9 Å². The molecule has 61 heteroatoms. The summed E-state index contributed by atoms with van der Waals surface area (Å²) in [6.45, 7) is 0. The molecule has 0 aliphatic heterocycles. The summed E-state index contributed by atoms with van der Waals surface area (Å²) < 4.78 is 0. The Morgan fingerprint density at radius 1 is 0.115 bits per heavy atom. The second-order valence-corrected chi connectivity index (χ2v) is 4.16. The van der Waals surface area contributed by atoms with Crippen molar-refractivity contribution in [2.75, 3.05) is 0 Å². The predicted octanol–water partition coefficient (Wildman–Crippen LogP) is -22.4. The Kier molecular flexibility index (Phi) is 435. The van der Waals surface area contributed by atoms with E-state index >= 15 is 0 Å². The fourth-order valence-corrected chi connectivity index (χ4v) is 0. The molecular formula is H49B12Cl12LiO36. The van der Waals surface area contributed by atoms with Crippen molar-refractivity contribution in [3.05, 3.63) is 0 Å². The number of hydrogen-bond donors (Lipinski definition) is 36. The predicted molar refractivity (Wildman–Crippen MR) is 237 cm³/mol. The first kappa shape index (κ1) is 167. The second kappa shape index (κ2) is 159. The molecule has 0 aliphatic carbocycles. The van der Waals surface area contributed by atoms with Gasteiger partial charge >= 0.3 is 107 Å². The average Bonchev–Trinajstić information content (AvgIpc) is 2.61. The Hall–Kier alpha value is 3.42. The summed E-state index contributed by atoms with van der Waals surface area (Å²) in [5.41, 5.74) is 0. The quantitative estimate of drug-likeness (QED) is 0.100. The molecule has 0 unspecified atom stereocenters. The molecule has 0 aliphatic rings. The van der Waals surface area contributed by atoms with Gasteiger partial charge in [0, 0.05) is 0 Å². The van der Waals surface area contributed by atoms with E-state index in [2.05, 4.69) is 0 Å². The van der Waals surface area contributed by atoms with E-state index in [0.717, 1.165) is 0 Å². The molecule has 61 heavy (non-hydrogen) atoms. The van der Waals surface area contributed by atoms with Crippen LogP contribution in [0.4, 0.5) is 0 Å². The third-order valence-electron chi connectivity index (χ3n) is 0. The van der Waals surface area contributed by atoms with Crippen LogP contribution in [0.25, 0.3) is 0 Å². The molecule has 36 nitrogen and oxygen atoms in total. The maximum atomic E-state index is 7.17. The van der Waals surface area contributed by atoms with Crippen LogP contribution in [-0.4, -0.2) is 269 Å². The normalized spacial score (nSPS) is 5.31. The monoisotopic (exact) mass is 1180 g/mol. The van der Waals surface area contributed by atoms with Gasteiger partial charge in [-0.25, -0.2) is 0 Å². The van der Waals surface area contributed by atoms with E-state index in [1.54, 1.807) is 0 Å². The maximum Gasteiger partial charge on any atom is 1.00 e. The van der Waals surface area contributed by atoms with Crippen LogP contribution < -0.4 is 18.9 Å². The van der Waals surface area contributed by atoms with Crippen molar-refractivity contribution in [1.82, 2.24) is 0 Å². The van der Waals surface area contributed by atoms with Crippen molar-refractivity contribution in [3.8, 4) is 0 Å². The molecule has 0 aromatic carbocycles. The first-order valence-electron chi connectivity index (χ1n) is 9.30. The van der Waals surface area contributed by atoms with E-state index in [4.69, 9.17) is 181 Å². The van der Waals surface area contributed by atoms with Crippen molar-refractivity contribution in [3.63, 3.8) is 0 Å². The smallest absolute Gasteiger partial charge is 1.00 e. The van der Waals surface area contributed by atoms with Gasteiger partial charge in [-0.05, 0) is 0 Å². The average molecular weight is 1190 g/mol. The molecule has 0 spiro atoms. The first-order chi connectivity index (χ1) is 20.8. The van der Waals surface area contributed by atoms with Gasteiger partial charge in [-0.2, -0.15) is 0 Å². The fourth-order valence-electron chi connectivity index (χ4n) is 0. The van der Waals surface area contributed by atoms with Crippen LogP contribution in [-0.2, 0) is 0 Å². The van der Waals surface area contributed by atoms with Gasteiger partial charge in [0.15, 0.2) is 0 Å². The Morgan fingerprint density at radius 3 is 0.115 bits per heavy atom. The molecule has 0 radical (unpaired) electrons. The largest absolute Gasteiger partial charge is 1.00 e. The topological polar surface area (TPSA) is 728 Å². The summed E-state index contributed by atoms with van der Waals surface area (Å²) in [4.78, 5) is 0. The minimum Gasteiger partial charge on any atom is -1.00 e. The standard InChI is InChI=1S/12BH3O3.12ClH.Li.H/c12*2-1(3)4;;;;;;;;;;;;;;/h12*2-4H;12*1H;;/q;;;;;;;;;;;;;;;;;;;;;;;;+1;-1. The van der Waals surface area contributed by atoms with Gasteiger partial charge < -0.3 is 182 Å². The fraction of sp³-hybridized carbons (Fsp3) is 0. The van der Waals surface area contributed by atoms with E-state index in [0.29, 0.717) is 0 Å². The Balaban J connectivity index is -0.00000000931. The van der Waals surface area contributed by atoms with Crippen LogP contribution in [0.5, 0.6) is 0 Å². The molecule has 0 aromatic heterocycles. The van der Waals surface area contributed by atoms with Gasteiger partial charge in [0.2, 0.25) is 0 Å². The summed E-state index contributed by atoms with van der Waals surface area (Å²) in [6.07, 6.45) is 0. The third kappa shape index (κ3) is 20500. The first-order valence-corrected chi connectivity index (χ1v) is 9.30. The third-order valence-corrected chi connectivity index (χ3v) is 0. The van der Waals surface area contributed by atoms with E-state index in [1.165, 1.54) is 0 Å². The van der Waals surface area contributed by atoms with Crippen LogP contribution in [0.1, 0.15) is 1.43 Å². The van der Waals surface area contributed by atoms with Gasteiger partial charge in [-0.15, -0.1) is 149 Å². The van der Waals surface area contributed by atoms with Gasteiger partial charge in [-0.3, -0.25) is 0 Å². The van der Waals surface area contributed by atoms with E-state index in [1.807, 2.05) is 0 Å².